The van der Waals surface area contributed by atoms with Crippen molar-refractivity contribution in [3.63, 3.8) is 0 Å². The van der Waals surface area contributed by atoms with Gasteiger partial charge in [0.2, 0.25) is 5.91 Å². The van der Waals surface area contributed by atoms with Crippen molar-refractivity contribution in [2.75, 3.05) is 13.1 Å². The Balaban J connectivity index is 1.38. The van der Waals surface area contributed by atoms with Gasteiger partial charge in [0.1, 0.15) is 5.71 Å². The van der Waals surface area contributed by atoms with Gasteiger partial charge in [0, 0.05) is 39.0 Å². The van der Waals surface area contributed by atoms with Crippen molar-refractivity contribution in [1.29, 1.82) is 0 Å². The lowest BCUT2D eigenvalue weighted by Gasteiger charge is -2.35. The van der Waals surface area contributed by atoms with Crippen molar-refractivity contribution in [2.24, 2.45) is 5.10 Å². The Kier molecular flexibility index (Phi) is 7.52. The Morgan fingerprint density at radius 1 is 0.970 bits per heavy atom. The number of hydrogen-bond acceptors (Lipinski definition) is 5. The van der Waals surface area contributed by atoms with E-state index >= 15 is 0 Å². The highest BCUT2D eigenvalue weighted by molar-refractivity contribution is 6.39. The molecule has 2 aromatic rings. The molecule has 0 aliphatic carbocycles. The molecule has 7 heteroatoms. The zero-order chi connectivity index (χ0) is 23.2. The summed E-state index contributed by atoms with van der Waals surface area (Å²) in [7, 11) is 0. The van der Waals surface area contributed by atoms with E-state index in [0.29, 0.717) is 31.6 Å². The first-order chi connectivity index (χ1) is 16.0. The number of rotatable bonds is 7. The quantitative estimate of drug-likeness (QED) is 0.706. The first-order valence-electron chi connectivity index (χ1n) is 11.6. The number of ether oxygens (including phenoxy) is 1. The molecule has 33 heavy (non-hydrogen) atoms. The minimum atomic E-state index is -0.219. The topological polar surface area (TPSA) is 74.2 Å². The average molecular weight is 449 g/mol. The normalized spacial score (nSPS) is 21.6. The molecule has 7 nitrogen and oxygen atoms in total. The van der Waals surface area contributed by atoms with E-state index in [4.69, 9.17) is 4.74 Å². The van der Waals surface area contributed by atoms with Gasteiger partial charge in [0.25, 0.3) is 5.91 Å². The van der Waals surface area contributed by atoms with Crippen LogP contribution >= 0.6 is 0 Å². The van der Waals surface area contributed by atoms with Gasteiger partial charge in [-0.25, -0.2) is 5.01 Å². The lowest BCUT2D eigenvalue weighted by Crippen LogP contribution is -2.45. The van der Waals surface area contributed by atoms with Crippen molar-refractivity contribution in [1.82, 2.24) is 15.2 Å². The van der Waals surface area contributed by atoms with E-state index in [1.165, 1.54) is 10.6 Å². The van der Waals surface area contributed by atoms with Crippen LogP contribution in [0.2, 0.25) is 0 Å². The molecule has 2 aliphatic heterocycles. The molecular formula is C26H32N4O3. The molecule has 0 aromatic heterocycles. The van der Waals surface area contributed by atoms with Crippen molar-refractivity contribution in [3.8, 4) is 0 Å². The summed E-state index contributed by atoms with van der Waals surface area (Å²) < 4.78 is 5.84. The highest BCUT2D eigenvalue weighted by Crippen LogP contribution is 2.18. The van der Waals surface area contributed by atoms with Gasteiger partial charge in [-0.05, 0) is 30.5 Å². The molecule has 2 aliphatic rings. The summed E-state index contributed by atoms with van der Waals surface area (Å²) in [6, 6.07) is 17.9. The first-order valence-corrected chi connectivity index (χ1v) is 11.6. The molecule has 1 fully saturated rings. The minimum Gasteiger partial charge on any atom is -0.373 e. The van der Waals surface area contributed by atoms with E-state index in [1.54, 1.807) is 0 Å². The van der Waals surface area contributed by atoms with Gasteiger partial charge in [0.15, 0.2) is 0 Å². The highest BCUT2D eigenvalue weighted by atomic mass is 16.5. The lowest BCUT2D eigenvalue weighted by atomic mass is 10.1. The summed E-state index contributed by atoms with van der Waals surface area (Å²) >= 11 is 0. The fourth-order valence-electron chi connectivity index (χ4n) is 4.46. The van der Waals surface area contributed by atoms with E-state index in [-0.39, 0.29) is 24.0 Å². The van der Waals surface area contributed by atoms with Gasteiger partial charge in [-0.3, -0.25) is 14.5 Å². The number of carbonyl (C=O) groups is 2. The van der Waals surface area contributed by atoms with Crippen molar-refractivity contribution in [3.05, 3.63) is 71.3 Å². The lowest BCUT2D eigenvalue weighted by molar-refractivity contribution is -0.132. The monoisotopic (exact) mass is 448 g/mol. The zero-order valence-electron chi connectivity index (χ0n) is 19.4. The van der Waals surface area contributed by atoms with Gasteiger partial charge in [-0.1, -0.05) is 54.6 Å². The van der Waals surface area contributed by atoms with Crippen LogP contribution in [0.3, 0.4) is 0 Å². The van der Waals surface area contributed by atoms with Crippen LogP contribution in [0, 0.1) is 0 Å². The number of morpholine rings is 1. The predicted octanol–water partition coefficient (Wildman–Crippen LogP) is 3.09. The zero-order valence-corrected chi connectivity index (χ0v) is 19.4. The molecule has 2 aromatic carbocycles. The molecule has 0 spiro atoms. The number of hydrogen-bond donors (Lipinski definition) is 1. The maximum atomic E-state index is 12.9. The second-order valence-electron chi connectivity index (χ2n) is 8.89. The summed E-state index contributed by atoms with van der Waals surface area (Å²) in [5, 5.41) is 8.79. The molecule has 0 saturated carbocycles. The number of carbonyl (C=O) groups excluding carboxylic acids is 2. The van der Waals surface area contributed by atoms with E-state index in [9.17, 15) is 9.59 Å². The van der Waals surface area contributed by atoms with Crippen molar-refractivity contribution < 1.29 is 14.3 Å². The average Bonchev–Trinajstić information content (AvgIpc) is 2.80. The molecule has 174 valence electrons. The summed E-state index contributed by atoms with van der Waals surface area (Å²) in [4.78, 5) is 27.6. The standard InChI is InChI=1S/C26H32N4O3/c1-19-15-29(16-20(2)33-19)18-23-11-7-6-10-22(23)14-27-26(32)24-12-13-25(31)30(28-24)17-21-8-4-3-5-9-21/h3-11,19-20H,12-18H2,1-2H3,(H,27,32). The first kappa shape index (κ1) is 23.1. The maximum Gasteiger partial charge on any atom is 0.267 e. The summed E-state index contributed by atoms with van der Waals surface area (Å²) in [5.41, 5.74) is 3.67. The minimum absolute atomic E-state index is 0.0604. The number of nitrogens with zero attached hydrogens (tertiary/aromatic N) is 3. The SMILES string of the molecule is CC1CN(Cc2ccccc2CNC(=O)C2=NN(Cc3ccccc3)C(=O)CC2)CC(C)O1. The molecule has 1 N–H and O–H groups in total. The van der Waals surface area contributed by atoms with Crippen LogP contribution in [0.5, 0.6) is 0 Å². The smallest absolute Gasteiger partial charge is 0.267 e. The third-order valence-corrected chi connectivity index (χ3v) is 5.99. The van der Waals surface area contributed by atoms with Crippen molar-refractivity contribution in [2.45, 2.75) is 58.5 Å². The third kappa shape index (κ3) is 6.27. The molecule has 4 rings (SSSR count). The Hall–Kier alpha value is -3.03. The van der Waals surface area contributed by atoms with E-state index in [0.717, 1.165) is 30.8 Å². The maximum absolute atomic E-state index is 12.9. The van der Waals surface area contributed by atoms with Crippen LogP contribution in [0.1, 0.15) is 43.4 Å². The number of nitrogens with one attached hydrogen (secondary N) is 1. The van der Waals surface area contributed by atoms with Crippen molar-refractivity contribution >= 4 is 17.5 Å². The Bertz CT molecular complexity index is 998. The van der Waals surface area contributed by atoms with Crippen LogP contribution in [0.4, 0.5) is 0 Å². The molecule has 0 bridgehead atoms. The van der Waals surface area contributed by atoms with Gasteiger partial charge in [-0.2, -0.15) is 5.10 Å². The highest BCUT2D eigenvalue weighted by Gasteiger charge is 2.25. The Morgan fingerprint density at radius 3 is 2.36 bits per heavy atom. The second kappa shape index (κ2) is 10.7. The fourth-order valence-corrected chi connectivity index (χ4v) is 4.46. The summed E-state index contributed by atoms with van der Waals surface area (Å²) in [6.07, 6.45) is 1.09. The van der Waals surface area contributed by atoms with Crippen LogP contribution in [-0.4, -0.2) is 52.7 Å². The van der Waals surface area contributed by atoms with Crippen LogP contribution in [0.25, 0.3) is 0 Å². The number of hydrazone groups is 1. The summed E-state index contributed by atoms with van der Waals surface area (Å²) in [5.74, 6) is -0.279. The number of amides is 2. The largest absolute Gasteiger partial charge is 0.373 e. The Labute approximate surface area is 195 Å². The second-order valence-corrected chi connectivity index (χ2v) is 8.89. The van der Waals surface area contributed by atoms with E-state index in [1.807, 2.05) is 42.5 Å². The van der Waals surface area contributed by atoms with Gasteiger partial charge >= 0.3 is 0 Å². The van der Waals surface area contributed by atoms with Gasteiger partial charge in [-0.15, -0.1) is 0 Å². The molecule has 0 radical (unpaired) electrons. The van der Waals surface area contributed by atoms with E-state index < -0.39 is 0 Å². The molecule has 2 unspecified atom stereocenters. The van der Waals surface area contributed by atoms with Crippen LogP contribution < -0.4 is 5.32 Å². The van der Waals surface area contributed by atoms with E-state index in [2.05, 4.69) is 41.3 Å². The molecular weight excluding hydrogens is 416 g/mol. The van der Waals surface area contributed by atoms with Gasteiger partial charge < -0.3 is 10.1 Å². The predicted molar refractivity (Wildman–Crippen MR) is 127 cm³/mol. The van der Waals surface area contributed by atoms with Gasteiger partial charge in [0.05, 0.1) is 18.8 Å². The fraction of sp³-hybridized carbons (Fsp3) is 0.423. The molecule has 2 amide bonds. The Morgan fingerprint density at radius 2 is 1.64 bits per heavy atom. The number of benzene rings is 2. The third-order valence-electron chi connectivity index (χ3n) is 5.99. The summed E-state index contributed by atoms with van der Waals surface area (Å²) in [6.45, 7) is 7.62. The molecule has 2 heterocycles. The van der Waals surface area contributed by atoms with Crippen LogP contribution in [-0.2, 0) is 34.0 Å². The molecule has 1 saturated heterocycles. The molecule has 2 atom stereocenters. The van der Waals surface area contributed by atoms with Crippen LogP contribution in [0.15, 0.2) is 59.7 Å².